The second-order valence-corrected chi connectivity index (χ2v) is 8.20. The minimum atomic E-state index is 0.358. The molecule has 132 valence electrons. The number of anilines is 1. The quantitative estimate of drug-likeness (QED) is 0.615. The van der Waals surface area contributed by atoms with Crippen LogP contribution in [0.25, 0.3) is 11.3 Å². The maximum absolute atomic E-state index is 5.67. The third kappa shape index (κ3) is 3.95. The van der Waals surface area contributed by atoms with Gasteiger partial charge in [-0.25, -0.2) is 9.97 Å². The van der Waals surface area contributed by atoms with Crippen molar-refractivity contribution in [2.24, 2.45) is 0 Å². The molecule has 2 N–H and O–H groups in total. The third-order valence-electron chi connectivity index (χ3n) is 4.42. The van der Waals surface area contributed by atoms with Crippen LogP contribution in [0.5, 0.6) is 0 Å². The molecule has 26 heavy (non-hydrogen) atoms. The molecule has 0 saturated heterocycles. The lowest BCUT2D eigenvalue weighted by Crippen LogP contribution is -2.31. The van der Waals surface area contributed by atoms with Crippen LogP contribution >= 0.6 is 31.9 Å². The largest absolute Gasteiger partial charge is 0.368 e. The van der Waals surface area contributed by atoms with Crippen LogP contribution in [0.15, 0.2) is 51.7 Å². The Morgan fingerprint density at radius 3 is 2.58 bits per heavy atom. The number of pyridine rings is 1. The van der Waals surface area contributed by atoms with Crippen molar-refractivity contribution in [3.63, 3.8) is 0 Å². The molecule has 5 nitrogen and oxygen atoms in total. The second-order valence-electron chi connectivity index (χ2n) is 6.37. The summed E-state index contributed by atoms with van der Waals surface area (Å²) in [5.41, 5.74) is 11.1. The van der Waals surface area contributed by atoms with Crippen LogP contribution in [0.1, 0.15) is 16.8 Å². The molecule has 0 unspecified atom stereocenters. The van der Waals surface area contributed by atoms with Crippen molar-refractivity contribution < 1.29 is 0 Å². The van der Waals surface area contributed by atoms with E-state index in [2.05, 4.69) is 76.0 Å². The van der Waals surface area contributed by atoms with Crippen molar-refractivity contribution in [1.29, 1.82) is 0 Å². The molecule has 0 amide bonds. The normalized spacial score (nSPS) is 14.2. The van der Waals surface area contributed by atoms with Crippen molar-refractivity contribution in [1.82, 2.24) is 19.9 Å². The molecule has 3 aromatic rings. The van der Waals surface area contributed by atoms with E-state index < -0.39 is 0 Å². The summed E-state index contributed by atoms with van der Waals surface area (Å²) in [5.74, 6) is 0.358. The van der Waals surface area contributed by atoms with Crippen molar-refractivity contribution in [2.45, 2.75) is 19.5 Å². The van der Waals surface area contributed by atoms with Gasteiger partial charge in [0.1, 0.15) is 0 Å². The molecule has 0 fully saturated rings. The summed E-state index contributed by atoms with van der Waals surface area (Å²) in [4.78, 5) is 15.5. The average molecular weight is 475 g/mol. The minimum Gasteiger partial charge on any atom is -0.368 e. The highest BCUT2D eigenvalue weighted by molar-refractivity contribution is 9.11. The number of halogens is 2. The molecule has 2 aromatic heterocycles. The molecule has 7 heteroatoms. The molecular weight excluding hydrogens is 458 g/mol. The van der Waals surface area contributed by atoms with E-state index in [0.717, 1.165) is 57.5 Å². The van der Waals surface area contributed by atoms with Gasteiger partial charge in [-0.3, -0.25) is 9.88 Å². The standard InChI is InChI=1S/C19H17Br2N5/c20-15-5-13(6-16(21)7-15)17-2-1-12(8-23-17)10-26-4-3-18-14(11-26)9-24-19(22)25-18/h1-2,5-9H,3-4,10-11H2,(H2,22,24,25). The number of nitrogens with zero attached hydrogens (tertiary/aromatic N) is 4. The lowest BCUT2D eigenvalue weighted by molar-refractivity contribution is 0.243. The van der Waals surface area contributed by atoms with E-state index in [1.165, 1.54) is 5.56 Å². The van der Waals surface area contributed by atoms with Gasteiger partial charge >= 0.3 is 0 Å². The number of aromatic nitrogens is 3. The zero-order valence-corrected chi connectivity index (χ0v) is 17.2. The Hall–Kier alpha value is -1.83. The molecular formula is C19H17Br2N5. The zero-order valence-electron chi connectivity index (χ0n) is 14.0. The molecule has 1 aliphatic heterocycles. The molecule has 4 rings (SSSR count). The maximum Gasteiger partial charge on any atom is 0.220 e. The van der Waals surface area contributed by atoms with Crippen LogP contribution in [0.3, 0.4) is 0 Å². The summed E-state index contributed by atoms with van der Waals surface area (Å²) < 4.78 is 2.06. The molecule has 0 atom stereocenters. The predicted molar refractivity (Wildman–Crippen MR) is 109 cm³/mol. The van der Waals surface area contributed by atoms with E-state index in [0.29, 0.717) is 5.95 Å². The fourth-order valence-electron chi connectivity index (χ4n) is 3.17. The first kappa shape index (κ1) is 17.6. The third-order valence-corrected chi connectivity index (χ3v) is 5.34. The fourth-order valence-corrected chi connectivity index (χ4v) is 4.47. The van der Waals surface area contributed by atoms with Crippen molar-refractivity contribution in [3.05, 3.63) is 68.5 Å². The monoisotopic (exact) mass is 473 g/mol. The van der Waals surface area contributed by atoms with Crippen LogP contribution in [-0.4, -0.2) is 26.4 Å². The number of nitrogen functional groups attached to an aromatic ring is 1. The molecule has 3 heterocycles. The number of benzene rings is 1. The minimum absolute atomic E-state index is 0.358. The van der Waals surface area contributed by atoms with E-state index in [-0.39, 0.29) is 0 Å². The summed E-state index contributed by atoms with van der Waals surface area (Å²) in [6.45, 7) is 2.67. The number of nitrogens with two attached hydrogens (primary N) is 1. The van der Waals surface area contributed by atoms with Crippen molar-refractivity contribution >= 4 is 37.8 Å². The van der Waals surface area contributed by atoms with Gasteiger partial charge < -0.3 is 5.73 Å². The number of hydrogen-bond acceptors (Lipinski definition) is 5. The molecule has 0 aliphatic carbocycles. The summed E-state index contributed by atoms with van der Waals surface area (Å²) in [5, 5.41) is 0. The lowest BCUT2D eigenvalue weighted by atomic mass is 10.1. The van der Waals surface area contributed by atoms with Crippen LogP contribution in [-0.2, 0) is 19.5 Å². The molecule has 0 bridgehead atoms. The van der Waals surface area contributed by atoms with Gasteiger partial charge in [-0.15, -0.1) is 0 Å². The van der Waals surface area contributed by atoms with Gasteiger partial charge in [0.15, 0.2) is 0 Å². The van der Waals surface area contributed by atoms with Gasteiger partial charge in [0.05, 0.1) is 11.4 Å². The van der Waals surface area contributed by atoms with Crippen LogP contribution in [0.2, 0.25) is 0 Å². The first-order valence-electron chi connectivity index (χ1n) is 8.31. The van der Waals surface area contributed by atoms with E-state index in [1.807, 2.05) is 18.5 Å². The van der Waals surface area contributed by atoms with Gasteiger partial charge in [-0.05, 0) is 29.8 Å². The Balaban J connectivity index is 1.47. The van der Waals surface area contributed by atoms with E-state index in [1.54, 1.807) is 0 Å². The van der Waals surface area contributed by atoms with Crippen molar-refractivity contribution in [3.8, 4) is 11.3 Å². The molecule has 1 aliphatic rings. The second kappa shape index (κ2) is 7.42. The Kier molecular flexibility index (Phi) is 5.02. The van der Waals surface area contributed by atoms with Crippen LogP contribution in [0.4, 0.5) is 5.95 Å². The Morgan fingerprint density at radius 2 is 1.85 bits per heavy atom. The van der Waals surface area contributed by atoms with Crippen LogP contribution in [0, 0.1) is 0 Å². The first-order chi connectivity index (χ1) is 12.6. The molecule has 1 aromatic carbocycles. The fraction of sp³-hybridized carbons (Fsp3) is 0.211. The SMILES string of the molecule is Nc1ncc2c(n1)CCN(Cc1ccc(-c3cc(Br)cc(Br)c3)nc1)C2. The van der Waals surface area contributed by atoms with E-state index >= 15 is 0 Å². The van der Waals surface area contributed by atoms with E-state index in [9.17, 15) is 0 Å². The Labute approximate surface area is 168 Å². The predicted octanol–water partition coefficient (Wildman–Crippen LogP) is 4.20. The van der Waals surface area contributed by atoms with Gasteiger partial charge in [0.25, 0.3) is 0 Å². The Bertz CT molecular complexity index is 923. The summed E-state index contributed by atoms with van der Waals surface area (Å²) >= 11 is 7.05. The van der Waals surface area contributed by atoms with E-state index in [4.69, 9.17) is 5.73 Å². The van der Waals surface area contributed by atoms with Gasteiger partial charge in [0.2, 0.25) is 5.95 Å². The molecule has 0 spiro atoms. The highest BCUT2D eigenvalue weighted by Gasteiger charge is 2.18. The summed E-state index contributed by atoms with van der Waals surface area (Å²) in [6, 6.07) is 10.4. The van der Waals surface area contributed by atoms with Gasteiger partial charge in [-0.2, -0.15) is 0 Å². The number of hydrogen-bond donors (Lipinski definition) is 1. The van der Waals surface area contributed by atoms with Crippen LogP contribution < -0.4 is 5.73 Å². The number of rotatable bonds is 3. The molecule has 0 radical (unpaired) electrons. The van der Waals surface area contributed by atoms with Gasteiger partial charge in [0, 0.05) is 58.5 Å². The first-order valence-corrected chi connectivity index (χ1v) is 9.89. The maximum atomic E-state index is 5.67. The zero-order chi connectivity index (χ0) is 18.1. The highest BCUT2D eigenvalue weighted by atomic mass is 79.9. The topological polar surface area (TPSA) is 67.9 Å². The summed E-state index contributed by atoms with van der Waals surface area (Å²) in [6.07, 6.45) is 4.70. The number of fused-ring (bicyclic) bond motifs is 1. The Morgan fingerprint density at radius 1 is 1.04 bits per heavy atom. The molecule has 0 saturated carbocycles. The van der Waals surface area contributed by atoms with Gasteiger partial charge in [-0.1, -0.05) is 37.9 Å². The lowest BCUT2D eigenvalue weighted by Gasteiger charge is -2.27. The van der Waals surface area contributed by atoms with Crippen molar-refractivity contribution in [2.75, 3.05) is 12.3 Å². The average Bonchev–Trinajstić information content (AvgIpc) is 2.62. The summed E-state index contributed by atoms with van der Waals surface area (Å²) in [7, 11) is 0. The smallest absolute Gasteiger partial charge is 0.220 e. The highest BCUT2D eigenvalue weighted by Crippen LogP contribution is 2.27.